The minimum atomic E-state index is -4.50. The molecule has 1 unspecified atom stereocenters. The van der Waals surface area contributed by atoms with Crippen LogP contribution >= 0.6 is 0 Å². The number of nitrogens with zero attached hydrogens (tertiary/aromatic N) is 4. The van der Waals surface area contributed by atoms with E-state index in [1.54, 1.807) is 21.7 Å². The Labute approximate surface area is 208 Å². The summed E-state index contributed by atoms with van der Waals surface area (Å²) in [6.07, 6.45) is -3.19. The maximum atomic E-state index is 13.9. The number of likely N-dealkylation sites (tertiary alicyclic amines) is 2. The molecule has 3 heterocycles. The lowest BCUT2D eigenvalue weighted by molar-refractivity contribution is -0.137. The van der Waals surface area contributed by atoms with Gasteiger partial charge in [-0.1, -0.05) is 30.8 Å². The minimum Gasteiger partial charge on any atom is -0.337 e. The second-order valence-corrected chi connectivity index (χ2v) is 9.33. The Morgan fingerprint density at radius 1 is 1.05 bits per heavy atom. The van der Waals surface area contributed by atoms with Gasteiger partial charge in [0.25, 0.3) is 11.8 Å². The van der Waals surface area contributed by atoms with Crippen LogP contribution in [0.1, 0.15) is 34.8 Å². The first-order valence-electron chi connectivity index (χ1n) is 11.8. The summed E-state index contributed by atoms with van der Waals surface area (Å²) in [5.74, 6) is -3.79. The zero-order chi connectivity index (χ0) is 26.5. The van der Waals surface area contributed by atoms with Crippen LogP contribution in [0.25, 0.3) is 22.2 Å². The summed E-state index contributed by atoms with van der Waals surface area (Å²) in [5.41, 5.74) is 0.537. The number of hydrogen-bond acceptors (Lipinski definition) is 3. The molecule has 6 nitrogen and oxygen atoms in total. The lowest BCUT2D eigenvalue weighted by Gasteiger charge is -2.19. The number of carbonyl (C=O) groups is 2. The number of aromatic nitrogens is 2. The summed E-state index contributed by atoms with van der Waals surface area (Å²) in [7, 11) is 0. The fourth-order valence-corrected chi connectivity index (χ4v) is 5.01. The number of amides is 2. The highest BCUT2D eigenvalue weighted by atomic mass is 19.4. The number of para-hydroxylation sites is 1. The van der Waals surface area contributed by atoms with E-state index >= 15 is 0 Å². The van der Waals surface area contributed by atoms with Crippen LogP contribution in [-0.2, 0) is 11.0 Å². The Balaban J connectivity index is 1.63. The molecule has 0 N–H and O–H groups in total. The first kappa shape index (κ1) is 24.9. The summed E-state index contributed by atoms with van der Waals surface area (Å²) < 4.78 is 68.7. The van der Waals surface area contributed by atoms with Crippen molar-refractivity contribution in [1.82, 2.24) is 19.6 Å². The predicted molar refractivity (Wildman–Crippen MR) is 126 cm³/mol. The highest BCUT2D eigenvalue weighted by molar-refractivity contribution is 6.09. The second kappa shape index (κ2) is 8.97. The van der Waals surface area contributed by atoms with Crippen LogP contribution in [0.2, 0.25) is 0 Å². The standard InChI is InChI=1S/C26H23F5N4O2/c1-2-21(36)33-12-10-18(14-33)35-23-19(22(32-35)16-6-8-17(9-7-16)26(29,30)31)4-3-5-20(23)24(37)34-13-11-25(27,28)15-34/h2-9,18H,1,10-15H2. The maximum absolute atomic E-state index is 13.9. The zero-order valence-electron chi connectivity index (χ0n) is 19.6. The topological polar surface area (TPSA) is 58.4 Å². The highest BCUT2D eigenvalue weighted by Gasteiger charge is 2.41. The number of fused-ring (bicyclic) bond motifs is 1. The van der Waals surface area contributed by atoms with Crippen LogP contribution in [-0.4, -0.2) is 63.5 Å². The molecule has 2 aromatic carbocycles. The molecule has 0 saturated carbocycles. The van der Waals surface area contributed by atoms with E-state index in [-0.39, 0.29) is 24.1 Å². The van der Waals surface area contributed by atoms with Gasteiger partial charge in [0, 0.05) is 37.0 Å². The van der Waals surface area contributed by atoms with Crippen molar-refractivity contribution < 1.29 is 31.5 Å². The largest absolute Gasteiger partial charge is 0.416 e. The molecule has 0 aliphatic carbocycles. The Morgan fingerprint density at radius 3 is 2.41 bits per heavy atom. The molecular weight excluding hydrogens is 495 g/mol. The second-order valence-electron chi connectivity index (χ2n) is 9.33. The number of carbonyl (C=O) groups excluding carboxylic acids is 2. The van der Waals surface area contributed by atoms with E-state index in [1.165, 1.54) is 24.3 Å². The maximum Gasteiger partial charge on any atom is 0.416 e. The highest BCUT2D eigenvalue weighted by Crippen LogP contribution is 2.37. The predicted octanol–water partition coefficient (Wildman–Crippen LogP) is 5.16. The van der Waals surface area contributed by atoms with Gasteiger partial charge in [0.2, 0.25) is 5.91 Å². The van der Waals surface area contributed by atoms with Crippen LogP contribution in [0.4, 0.5) is 22.0 Å². The van der Waals surface area contributed by atoms with Crippen LogP contribution in [0.5, 0.6) is 0 Å². The summed E-state index contributed by atoms with van der Waals surface area (Å²) in [6.45, 7) is 3.45. The SMILES string of the molecule is C=CC(=O)N1CCC(n2nc(-c3ccc(C(F)(F)F)cc3)c3cccc(C(=O)N4CCC(F)(F)C4)c32)C1. The third-order valence-electron chi connectivity index (χ3n) is 6.90. The fraction of sp³-hybridized carbons (Fsp3) is 0.346. The van der Waals surface area contributed by atoms with Gasteiger partial charge in [-0.2, -0.15) is 18.3 Å². The molecule has 194 valence electrons. The first-order valence-corrected chi connectivity index (χ1v) is 11.8. The molecule has 2 saturated heterocycles. The van der Waals surface area contributed by atoms with Crippen molar-refractivity contribution in [3.8, 4) is 11.3 Å². The fourth-order valence-electron chi connectivity index (χ4n) is 5.01. The summed E-state index contributed by atoms with van der Waals surface area (Å²) in [6, 6.07) is 9.05. The Bertz CT molecular complexity index is 1380. The van der Waals surface area contributed by atoms with Gasteiger partial charge in [-0.05, 0) is 30.7 Å². The van der Waals surface area contributed by atoms with E-state index in [1.807, 2.05) is 0 Å². The van der Waals surface area contributed by atoms with E-state index in [2.05, 4.69) is 6.58 Å². The Morgan fingerprint density at radius 2 is 1.78 bits per heavy atom. The molecular formula is C26H23F5N4O2. The zero-order valence-corrected chi connectivity index (χ0v) is 19.6. The summed E-state index contributed by atoms with van der Waals surface area (Å²) in [4.78, 5) is 28.2. The molecule has 2 amide bonds. The Kier molecular flexibility index (Phi) is 6.04. The minimum absolute atomic E-state index is 0.0901. The third-order valence-corrected chi connectivity index (χ3v) is 6.90. The van der Waals surface area contributed by atoms with Gasteiger partial charge in [0.1, 0.15) is 5.69 Å². The van der Waals surface area contributed by atoms with Crippen LogP contribution in [0.3, 0.4) is 0 Å². The molecule has 0 bridgehead atoms. The average molecular weight is 518 g/mol. The average Bonchev–Trinajstić information content (AvgIpc) is 3.59. The smallest absolute Gasteiger partial charge is 0.337 e. The number of rotatable bonds is 4. The number of benzene rings is 2. The molecule has 2 aliphatic rings. The molecule has 3 aromatic rings. The van der Waals surface area contributed by atoms with Gasteiger partial charge >= 0.3 is 6.18 Å². The number of alkyl halides is 5. The number of hydrogen-bond donors (Lipinski definition) is 0. The van der Waals surface area contributed by atoms with Gasteiger partial charge in [0.05, 0.1) is 29.2 Å². The molecule has 2 aliphatic heterocycles. The van der Waals surface area contributed by atoms with Crippen LogP contribution in [0, 0.1) is 0 Å². The monoisotopic (exact) mass is 518 g/mol. The van der Waals surface area contributed by atoms with Crippen molar-refractivity contribution in [1.29, 1.82) is 0 Å². The van der Waals surface area contributed by atoms with E-state index in [9.17, 15) is 31.5 Å². The molecule has 11 heteroatoms. The van der Waals surface area contributed by atoms with Crippen molar-refractivity contribution in [3.63, 3.8) is 0 Å². The van der Waals surface area contributed by atoms with Gasteiger partial charge in [-0.3, -0.25) is 14.3 Å². The van der Waals surface area contributed by atoms with Crippen molar-refractivity contribution in [2.45, 2.75) is 31.0 Å². The van der Waals surface area contributed by atoms with Crippen molar-refractivity contribution in [3.05, 3.63) is 66.2 Å². The van der Waals surface area contributed by atoms with Gasteiger partial charge < -0.3 is 9.80 Å². The quantitative estimate of drug-likeness (QED) is 0.354. The molecule has 0 radical (unpaired) electrons. The van der Waals surface area contributed by atoms with Crippen LogP contribution < -0.4 is 0 Å². The van der Waals surface area contributed by atoms with Crippen LogP contribution in [0.15, 0.2) is 55.1 Å². The number of halogens is 5. The van der Waals surface area contributed by atoms with E-state index < -0.39 is 36.5 Å². The van der Waals surface area contributed by atoms with Crippen molar-refractivity contribution in [2.24, 2.45) is 0 Å². The van der Waals surface area contributed by atoms with Gasteiger partial charge in [-0.15, -0.1) is 0 Å². The van der Waals surface area contributed by atoms with Crippen molar-refractivity contribution >= 4 is 22.7 Å². The molecule has 0 spiro atoms. The molecule has 2 fully saturated rings. The van der Waals surface area contributed by atoms with Gasteiger partial charge in [-0.25, -0.2) is 8.78 Å². The lowest BCUT2D eigenvalue weighted by atomic mass is 10.0. The molecule has 1 atom stereocenters. The molecule has 5 rings (SSSR count). The first-order chi connectivity index (χ1) is 17.5. The molecule has 1 aromatic heterocycles. The lowest BCUT2D eigenvalue weighted by Crippen LogP contribution is -2.32. The van der Waals surface area contributed by atoms with Gasteiger partial charge in [0.15, 0.2) is 0 Å². The molecule has 37 heavy (non-hydrogen) atoms. The van der Waals surface area contributed by atoms with E-state index in [0.717, 1.165) is 17.0 Å². The third kappa shape index (κ3) is 4.58. The normalized spacial score (nSPS) is 19.5. The van der Waals surface area contributed by atoms with E-state index in [4.69, 9.17) is 5.10 Å². The summed E-state index contributed by atoms with van der Waals surface area (Å²) >= 11 is 0. The summed E-state index contributed by atoms with van der Waals surface area (Å²) in [5, 5.41) is 5.21. The van der Waals surface area contributed by atoms with Crippen molar-refractivity contribution in [2.75, 3.05) is 26.2 Å². The van der Waals surface area contributed by atoms with E-state index in [0.29, 0.717) is 41.7 Å². The Hall–Kier alpha value is -3.76.